The fourth-order valence-corrected chi connectivity index (χ4v) is 2.06. The molecule has 0 bridgehead atoms. The van der Waals surface area contributed by atoms with Gasteiger partial charge in [-0.3, -0.25) is 0 Å². The average Bonchev–Trinajstić information content (AvgIpc) is 2.46. The Hall–Kier alpha value is -1.86. The summed E-state index contributed by atoms with van der Waals surface area (Å²) in [6.45, 7) is 3.53. The van der Waals surface area contributed by atoms with Gasteiger partial charge in [0.25, 0.3) is 0 Å². The van der Waals surface area contributed by atoms with Crippen LogP contribution in [0.1, 0.15) is 11.3 Å². The van der Waals surface area contributed by atoms with Crippen LogP contribution < -0.4 is 10.6 Å². The number of hydrogen-bond donors (Lipinski definition) is 3. The van der Waals surface area contributed by atoms with Crippen molar-refractivity contribution in [1.82, 2.24) is 4.98 Å². The van der Waals surface area contributed by atoms with E-state index in [0.717, 1.165) is 5.69 Å². The van der Waals surface area contributed by atoms with Gasteiger partial charge in [-0.2, -0.15) is 0 Å². The Kier molecular flexibility index (Phi) is 4.18. The first-order chi connectivity index (χ1) is 9.15. The Balaban J connectivity index is 2.34. The molecule has 0 aliphatic carbocycles. The molecule has 1 aliphatic heterocycles. The second-order valence-corrected chi connectivity index (χ2v) is 4.43. The lowest BCUT2D eigenvalue weighted by atomic mass is 10.2. The third kappa shape index (κ3) is 2.94. The number of amidine groups is 1. The minimum atomic E-state index is -0.240. The van der Waals surface area contributed by atoms with Crippen LogP contribution in [0, 0.1) is 6.92 Å². The molecule has 104 valence electrons. The van der Waals surface area contributed by atoms with Gasteiger partial charge in [0.1, 0.15) is 5.82 Å². The molecule has 0 amide bonds. The first kappa shape index (κ1) is 13.6. The van der Waals surface area contributed by atoms with Crippen LogP contribution in [-0.2, 0) is 4.74 Å². The predicted octanol–water partition coefficient (Wildman–Crippen LogP) is -0.318. The minimum Gasteiger partial charge on any atom is -0.409 e. The van der Waals surface area contributed by atoms with Gasteiger partial charge in [-0.1, -0.05) is 5.16 Å². The summed E-state index contributed by atoms with van der Waals surface area (Å²) in [5.74, 6) is 0.673. The van der Waals surface area contributed by atoms with Crippen LogP contribution in [0.25, 0.3) is 0 Å². The molecular formula is C12H18N4O3. The van der Waals surface area contributed by atoms with E-state index in [1.54, 1.807) is 12.1 Å². The van der Waals surface area contributed by atoms with Gasteiger partial charge in [0.15, 0.2) is 5.84 Å². The van der Waals surface area contributed by atoms with Gasteiger partial charge in [-0.25, -0.2) is 4.98 Å². The zero-order chi connectivity index (χ0) is 13.8. The average molecular weight is 266 g/mol. The van der Waals surface area contributed by atoms with Gasteiger partial charge >= 0.3 is 0 Å². The van der Waals surface area contributed by atoms with E-state index in [9.17, 15) is 5.11 Å². The summed E-state index contributed by atoms with van der Waals surface area (Å²) in [7, 11) is 0. The molecule has 2 rings (SSSR count). The third-order valence-electron chi connectivity index (χ3n) is 3.04. The molecule has 2 heterocycles. The number of morpholine rings is 1. The topological polar surface area (TPSA) is 104 Å². The molecule has 1 unspecified atom stereocenters. The van der Waals surface area contributed by atoms with E-state index in [4.69, 9.17) is 15.7 Å². The number of aryl methyl sites for hydroxylation is 1. The highest BCUT2D eigenvalue weighted by molar-refractivity contribution is 6.01. The van der Waals surface area contributed by atoms with Gasteiger partial charge in [0.05, 0.1) is 24.9 Å². The van der Waals surface area contributed by atoms with Crippen molar-refractivity contribution < 1.29 is 15.1 Å². The summed E-state index contributed by atoms with van der Waals surface area (Å²) < 4.78 is 5.41. The molecule has 1 aliphatic rings. The van der Waals surface area contributed by atoms with Crippen LogP contribution >= 0.6 is 0 Å². The molecule has 0 radical (unpaired) electrons. The molecule has 1 fully saturated rings. The second kappa shape index (κ2) is 5.85. The standard InChI is InChI=1S/C12H18N4O3/c1-8-2-3-10(11(13)15-18)12(14-8)16-4-5-19-9(6-16)7-17/h2-3,9,17-18H,4-7H2,1H3,(H2,13,15). The number of oxime groups is 1. The number of anilines is 1. The zero-order valence-corrected chi connectivity index (χ0v) is 10.8. The fourth-order valence-electron chi connectivity index (χ4n) is 2.06. The number of nitrogens with zero attached hydrogens (tertiary/aromatic N) is 3. The SMILES string of the molecule is Cc1ccc(/C(N)=N/O)c(N2CCOC(CO)C2)n1. The number of pyridine rings is 1. The first-order valence-corrected chi connectivity index (χ1v) is 6.08. The molecule has 7 heteroatoms. The van der Waals surface area contributed by atoms with Crippen molar-refractivity contribution in [2.24, 2.45) is 10.9 Å². The maximum absolute atomic E-state index is 9.17. The van der Waals surface area contributed by atoms with Gasteiger partial charge in [-0.15, -0.1) is 0 Å². The largest absolute Gasteiger partial charge is 0.409 e. The van der Waals surface area contributed by atoms with Crippen LogP contribution in [0.3, 0.4) is 0 Å². The van der Waals surface area contributed by atoms with E-state index in [1.165, 1.54) is 0 Å². The molecule has 7 nitrogen and oxygen atoms in total. The summed E-state index contributed by atoms with van der Waals surface area (Å²) in [5.41, 5.74) is 7.09. The molecule has 1 saturated heterocycles. The zero-order valence-electron chi connectivity index (χ0n) is 10.8. The molecule has 1 atom stereocenters. The number of ether oxygens (including phenoxy) is 1. The smallest absolute Gasteiger partial charge is 0.173 e. The Labute approximate surface area is 111 Å². The lowest BCUT2D eigenvalue weighted by Crippen LogP contribution is -2.45. The van der Waals surface area contributed by atoms with Crippen molar-refractivity contribution >= 4 is 11.7 Å². The fraction of sp³-hybridized carbons (Fsp3) is 0.500. The van der Waals surface area contributed by atoms with Gasteiger partial charge in [-0.05, 0) is 19.1 Å². The van der Waals surface area contributed by atoms with E-state index in [2.05, 4.69) is 10.1 Å². The molecule has 0 spiro atoms. The van der Waals surface area contributed by atoms with Gasteiger partial charge in [0, 0.05) is 18.8 Å². The van der Waals surface area contributed by atoms with Crippen LogP contribution in [0.2, 0.25) is 0 Å². The molecule has 1 aromatic rings. The highest BCUT2D eigenvalue weighted by atomic mass is 16.5. The Bertz CT molecular complexity index is 478. The van der Waals surface area contributed by atoms with Crippen LogP contribution in [0.4, 0.5) is 5.82 Å². The van der Waals surface area contributed by atoms with Crippen molar-refractivity contribution in [1.29, 1.82) is 0 Å². The Morgan fingerprint density at radius 1 is 1.63 bits per heavy atom. The number of aromatic nitrogens is 1. The number of aliphatic hydroxyl groups is 1. The van der Waals surface area contributed by atoms with Crippen molar-refractivity contribution in [2.45, 2.75) is 13.0 Å². The molecule has 4 N–H and O–H groups in total. The molecule has 0 aromatic carbocycles. The van der Waals surface area contributed by atoms with Crippen LogP contribution in [-0.4, -0.2) is 53.5 Å². The van der Waals surface area contributed by atoms with E-state index < -0.39 is 0 Å². The van der Waals surface area contributed by atoms with E-state index in [1.807, 2.05) is 11.8 Å². The van der Waals surface area contributed by atoms with Crippen LogP contribution in [0.15, 0.2) is 17.3 Å². The maximum atomic E-state index is 9.17. The number of hydrogen-bond acceptors (Lipinski definition) is 6. The summed E-state index contributed by atoms with van der Waals surface area (Å²) in [6, 6.07) is 3.58. The Morgan fingerprint density at radius 3 is 3.11 bits per heavy atom. The summed E-state index contributed by atoms with van der Waals surface area (Å²) in [5, 5.41) is 21.0. The quantitative estimate of drug-likeness (QED) is 0.300. The molecular weight excluding hydrogens is 248 g/mol. The summed E-state index contributed by atoms with van der Waals surface area (Å²) in [4.78, 5) is 6.43. The van der Waals surface area contributed by atoms with Crippen molar-refractivity contribution in [3.8, 4) is 0 Å². The van der Waals surface area contributed by atoms with Crippen molar-refractivity contribution in [3.63, 3.8) is 0 Å². The first-order valence-electron chi connectivity index (χ1n) is 6.08. The van der Waals surface area contributed by atoms with Crippen molar-refractivity contribution in [2.75, 3.05) is 31.2 Å². The van der Waals surface area contributed by atoms with E-state index >= 15 is 0 Å². The highest BCUT2D eigenvalue weighted by Gasteiger charge is 2.23. The van der Waals surface area contributed by atoms with E-state index in [-0.39, 0.29) is 18.5 Å². The molecule has 0 saturated carbocycles. The summed E-state index contributed by atoms with van der Waals surface area (Å²) >= 11 is 0. The van der Waals surface area contributed by atoms with E-state index in [0.29, 0.717) is 31.1 Å². The van der Waals surface area contributed by atoms with Gasteiger partial charge < -0.3 is 25.7 Å². The second-order valence-electron chi connectivity index (χ2n) is 4.43. The monoisotopic (exact) mass is 266 g/mol. The molecule has 1 aromatic heterocycles. The van der Waals surface area contributed by atoms with Crippen molar-refractivity contribution in [3.05, 3.63) is 23.4 Å². The summed E-state index contributed by atoms with van der Waals surface area (Å²) in [6.07, 6.45) is -0.240. The maximum Gasteiger partial charge on any atom is 0.173 e. The Morgan fingerprint density at radius 2 is 2.42 bits per heavy atom. The number of nitrogens with two attached hydrogens (primary N) is 1. The normalized spacial score (nSPS) is 20.6. The highest BCUT2D eigenvalue weighted by Crippen LogP contribution is 2.21. The number of rotatable bonds is 3. The van der Waals surface area contributed by atoms with Gasteiger partial charge in [0.2, 0.25) is 0 Å². The lowest BCUT2D eigenvalue weighted by Gasteiger charge is -2.33. The predicted molar refractivity (Wildman–Crippen MR) is 70.5 cm³/mol. The third-order valence-corrected chi connectivity index (χ3v) is 3.04. The lowest BCUT2D eigenvalue weighted by molar-refractivity contribution is 0.00335. The number of aliphatic hydroxyl groups excluding tert-OH is 1. The molecule has 19 heavy (non-hydrogen) atoms. The minimum absolute atomic E-state index is 0.0227. The van der Waals surface area contributed by atoms with Crippen LogP contribution in [0.5, 0.6) is 0 Å².